The normalized spacial score (nSPS) is 28.5. The molecule has 3 N–H and O–H groups in total. The van der Waals surface area contributed by atoms with Crippen LogP contribution in [0, 0.1) is 29.1 Å². The fourth-order valence-electron chi connectivity index (χ4n) is 6.94. The van der Waals surface area contributed by atoms with Crippen LogP contribution in [-0.2, 0) is 9.59 Å². The number of nitrogens with one attached hydrogen (secondary N) is 3. The van der Waals surface area contributed by atoms with Crippen LogP contribution >= 0.6 is 0 Å². The maximum absolute atomic E-state index is 13.6. The van der Waals surface area contributed by atoms with Crippen LogP contribution in [0.15, 0.2) is 12.3 Å². The van der Waals surface area contributed by atoms with E-state index in [1.807, 2.05) is 19.9 Å². The van der Waals surface area contributed by atoms with Gasteiger partial charge in [0.2, 0.25) is 17.7 Å². The van der Waals surface area contributed by atoms with Crippen LogP contribution in [0.2, 0.25) is 0 Å². The van der Waals surface area contributed by atoms with Crippen molar-refractivity contribution in [3.8, 4) is 5.88 Å². The molecule has 4 aliphatic rings. The molecule has 2 atom stereocenters. The molecule has 0 aliphatic heterocycles. The van der Waals surface area contributed by atoms with E-state index >= 15 is 0 Å². The summed E-state index contributed by atoms with van der Waals surface area (Å²) in [7, 11) is 0. The summed E-state index contributed by atoms with van der Waals surface area (Å²) in [5, 5.41) is 13.7. The summed E-state index contributed by atoms with van der Waals surface area (Å²) in [5.74, 6) is 1.98. The van der Waals surface area contributed by atoms with E-state index in [4.69, 9.17) is 4.74 Å². The number of aromatic nitrogens is 2. The maximum Gasteiger partial charge on any atom is 0.258 e. The summed E-state index contributed by atoms with van der Waals surface area (Å²) >= 11 is 0. The quantitative estimate of drug-likeness (QED) is 0.444. The second-order valence-corrected chi connectivity index (χ2v) is 12.6. The van der Waals surface area contributed by atoms with Crippen LogP contribution in [0.1, 0.15) is 84.0 Å². The lowest BCUT2D eigenvalue weighted by Gasteiger charge is -2.60. The van der Waals surface area contributed by atoms with Gasteiger partial charge in [0.15, 0.2) is 0 Å². The third-order valence-corrected chi connectivity index (χ3v) is 8.09. The third-order valence-electron chi connectivity index (χ3n) is 8.09. The number of ether oxygens (including phenoxy) is 1. The minimum Gasteiger partial charge on any atom is -0.477 e. The van der Waals surface area contributed by atoms with Crippen LogP contribution in [0.3, 0.4) is 0 Å². The Morgan fingerprint density at radius 3 is 2.43 bits per heavy atom. The van der Waals surface area contributed by atoms with Gasteiger partial charge in [0, 0.05) is 32.6 Å². The summed E-state index contributed by atoms with van der Waals surface area (Å²) in [6.07, 6.45) is 10.7. The van der Waals surface area contributed by atoms with Gasteiger partial charge >= 0.3 is 0 Å². The predicted molar refractivity (Wildman–Crippen MR) is 142 cm³/mol. The molecule has 9 heteroatoms. The van der Waals surface area contributed by atoms with E-state index in [1.54, 1.807) is 24.0 Å². The highest BCUT2D eigenvalue weighted by atomic mass is 16.5. The van der Waals surface area contributed by atoms with E-state index in [0.717, 1.165) is 32.2 Å². The molecule has 37 heavy (non-hydrogen) atoms. The largest absolute Gasteiger partial charge is 0.477 e. The molecule has 0 aromatic carbocycles. The van der Waals surface area contributed by atoms with Gasteiger partial charge in [-0.3, -0.25) is 14.4 Å². The molecule has 0 saturated heterocycles. The first-order valence-electron chi connectivity index (χ1n) is 13.6. The number of hydrogen-bond acceptors (Lipinski definition) is 5. The molecular weight excluding hydrogens is 470 g/mol. The Hall–Kier alpha value is -2.84. The van der Waals surface area contributed by atoms with Crippen molar-refractivity contribution in [3.63, 3.8) is 0 Å². The van der Waals surface area contributed by atoms with E-state index in [1.165, 1.54) is 13.3 Å². The average molecular weight is 514 g/mol. The van der Waals surface area contributed by atoms with Crippen molar-refractivity contribution in [2.75, 3.05) is 13.2 Å². The molecule has 1 heterocycles. The summed E-state index contributed by atoms with van der Waals surface area (Å²) in [4.78, 5) is 36.7. The van der Waals surface area contributed by atoms with E-state index in [-0.39, 0.29) is 35.1 Å². The number of rotatable bonds is 10. The van der Waals surface area contributed by atoms with Gasteiger partial charge in [-0.15, -0.1) is 0 Å². The van der Waals surface area contributed by atoms with E-state index < -0.39 is 5.54 Å². The lowest BCUT2D eigenvalue weighted by Crippen LogP contribution is -2.61. The standard InChI is InChI=1S/C28H43N5O4/c1-17(2)15-37-26-23(14-30-33(26)8-7-27(5,6)32-19(4)35)25(36)31-24-21-9-20-10-22(24)13-28(11-20,12-21)16-29-18(3)34/h7-8,14,17,20-22,24H,9-13,15-16H2,1-6H3,(H,29,34)(H,31,36)(H,32,35)/b8-7+. The Bertz CT molecular complexity index is 1040. The molecule has 204 valence electrons. The Balaban J connectivity index is 1.50. The first-order valence-corrected chi connectivity index (χ1v) is 13.6. The van der Waals surface area contributed by atoms with Crippen LogP contribution in [0.4, 0.5) is 0 Å². The number of nitrogens with zero attached hydrogens (tertiary/aromatic N) is 2. The number of amides is 3. The molecule has 4 bridgehead atoms. The minimum atomic E-state index is -0.580. The van der Waals surface area contributed by atoms with Crippen LogP contribution < -0.4 is 20.7 Å². The van der Waals surface area contributed by atoms with Crippen LogP contribution in [0.5, 0.6) is 5.88 Å². The van der Waals surface area contributed by atoms with Crippen LogP contribution in [-0.4, -0.2) is 52.2 Å². The second-order valence-electron chi connectivity index (χ2n) is 12.6. The topological polar surface area (TPSA) is 114 Å². The van der Waals surface area contributed by atoms with Crippen molar-refractivity contribution in [3.05, 3.63) is 17.8 Å². The smallest absolute Gasteiger partial charge is 0.258 e. The van der Waals surface area contributed by atoms with Gasteiger partial charge in [-0.1, -0.05) is 13.8 Å². The molecule has 0 spiro atoms. The highest BCUT2D eigenvalue weighted by Crippen LogP contribution is 2.59. The van der Waals surface area contributed by atoms with E-state index in [0.29, 0.717) is 35.8 Å². The number of carbonyl (C=O) groups is 3. The summed E-state index contributed by atoms with van der Waals surface area (Å²) < 4.78 is 7.65. The minimum absolute atomic E-state index is 0.0287. The second kappa shape index (κ2) is 10.5. The first kappa shape index (κ1) is 27.2. The third kappa shape index (κ3) is 6.36. The molecule has 1 aromatic heterocycles. The van der Waals surface area contributed by atoms with Gasteiger partial charge in [0.05, 0.1) is 18.3 Å². The van der Waals surface area contributed by atoms with Crippen molar-refractivity contribution >= 4 is 23.9 Å². The highest BCUT2D eigenvalue weighted by molar-refractivity contribution is 5.96. The molecule has 0 radical (unpaired) electrons. The van der Waals surface area contributed by atoms with Crippen molar-refractivity contribution in [2.24, 2.45) is 29.1 Å². The van der Waals surface area contributed by atoms with Gasteiger partial charge in [-0.2, -0.15) is 5.10 Å². The SMILES string of the molecule is CC(=O)NCC12CC3CC(C1)C(NC(=O)c1cnn(/C=C/C(C)(C)NC(C)=O)c1OCC(C)C)C(C3)C2. The molecule has 9 nitrogen and oxygen atoms in total. The Kier molecular flexibility index (Phi) is 7.72. The molecule has 4 aliphatic carbocycles. The summed E-state index contributed by atoms with van der Waals surface area (Å²) in [5.41, 5.74) is 0.0124. The zero-order valence-corrected chi connectivity index (χ0v) is 23.1. The monoisotopic (exact) mass is 513 g/mol. The Morgan fingerprint density at radius 2 is 1.84 bits per heavy atom. The maximum atomic E-state index is 13.6. The molecular formula is C28H43N5O4. The molecule has 1 aromatic rings. The number of carbonyl (C=O) groups excluding carboxylic acids is 3. The molecule has 4 fully saturated rings. The van der Waals surface area contributed by atoms with Crippen molar-refractivity contribution in [1.29, 1.82) is 0 Å². The lowest BCUT2D eigenvalue weighted by molar-refractivity contribution is -0.122. The zero-order valence-electron chi connectivity index (χ0n) is 23.1. The van der Waals surface area contributed by atoms with Crippen molar-refractivity contribution in [2.45, 2.75) is 85.2 Å². The van der Waals surface area contributed by atoms with Gasteiger partial charge in [0.25, 0.3) is 5.91 Å². The first-order chi connectivity index (χ1) is 17.4. The van der Waals surface area contributed by atoms with Crippen LogP contribution in [0.25, 0.3) is 6.20 Å². The van der Waals surface area contributed by atoms with Gasteiger partial charge in [-0.05, 0) is 81.1 Å². The molecule has 2 unspecified atom stereocenters. The Morgan fingerprint density at radius 1 is 1.16 bits per heavy atom. The average Bonchev–Trinajstić information content (AvgIpc) is 3.19. The number of hydrogen-bond donors (Lipinski definition) is 3. The fourth-order valence-corrected chi connectivity index (χ4v) is 6.94. The molecule has 4 saturated carbocycles. The van der Waals surface area contributed by atoms with Gasteiger partial charge in [0.1, 0.15) is 5.56 Å². The Labute approximate surface area is 220 Å². The summed E-state index contributed by atoms with van der Waals surface area (Å²) in [6.45, 7) is 12.2. The lowest BCUT2D eigenvalue weighted by atomic mass is 9.48. The van der Waals surface area contributed by atoms with Crippen molar-refractivity contribution < 1.29 is 19.1 Å². The fraction of sp³-hybridized carbons (Fsp3) is 0.714. The highest BCUT2D eigenvalue weighted by Gasteiger charge is 2.55. The molecule has 3 amide bonds. The van der Waals surface area contributed by atoms with E-state index in [9.17, 15) is 14.4 Å². The zero-order chi connectivity index (χ0) is 27.0. The predicted octanol–water partition coefficient (Wildman–Crippen LogP) is 3.36. The summed E-state index contributed by atoms with van der Waals surface area (Å²) in [6, 6.07) is 0.130. The van der Waals surface area contributed by atoms with E-state index in [2.05, 4.69) is 34.9 Å². The van der Waals surface area contributed by atoms with Gasteiger partial charge < -0.3 is 20.7 Å². The van der Waals surface area contributed by atoms with Crippen molar-refractivity contribution in [1.82, 2.24) is 25.7 Å². The van der Waals surface area contributed by atoms with Gasteiger partial charge in [-0.25, -0.2) is 4.68 Å². The molecule has 5 rings (SSSR count).